The number of carbonyl (C=O) groups excluding carboxylic acids is 1. The topological polar surface area (TPSA) is 71.4 Å². The largest absolute Gasteiger partial charge is 0.386 e. The van der Waals surface area contributed by atoms with E-state index in [9.17, 15) is 27.1 Å². The van der Waals surface area contributed by atoms with E-state index in [1.165, 1.54) is 17.4 Å². The number of fused-ring (bicyclic) bond motifs is 4. The van der Waals surface area contributed by atoms with Gasteiger partial charge in [-0.15, -0.1) is 0 Å². The first-order chi connectivity index (χ1) is 20.0. The van der Waals surface area contributed by atoms with E-state index in [4.69, 9.17) is 0 Å². The third-order valence-electron chi connectivity index (χ3n) is 11.4. The number of benzene rings is 2. The summed E-state index contributed by atoms with van der Waals surface area (Å²) in [5.41, 5.74) is -0.247. The van der Waals surface area contributed by atoms with E-state index in [-0.39, 0.29) is 34.9 Å². The first-order valence-electron chi connectivity index (χ1n) is 15.1. The van der Waals surface area contributed by atoms with Crippen molar-refractivity contribution < 1.29 is 31.5 Å². The van der Waals surface area contributed by atoms with Crippen LogP contribution in [-0.4, -0.2) is 42.8 Å². The van der Waals surface area contributed by atoms with Gasteiger partial charge in [0.15, 0.2) is 21.3 Å². The minimum absolute atomic E-state index is 0.00243. The van der Waals surface area contributed by atoms with Crippen LogP contribution in [0.1, 0.15) is 77.2 Å². The number of hydrogen-bond donors (Lipinski definition) is 1. The second-order valence-electron chi connectivity index (χ2n) is 13.7. The van der Waals surface area contributed by atoms with Crippen LogP contribution in [0.25, 0.3) is 11.1 Å². The minimum atomic E-state index is -3.73. The highest BCUT2D eigenvalue weighted by Crippen LogP contribution is 2.70. The molecule has 0 saturated heterocycles. The average molecular weight is 613 g/mol. The van der Waals surface area contributed by atoms with Gasteiger partial charge >= 0.3 is 0 Å². The van der Waals surface area contributed by atoms with E-state index in [0.717, 1.165) is 35.6 Å². The number of aliphatic hydroxyl groups is 1. The number of sulfone groups is 1. The van der Waals surface area contributed by atoms with Gasteiger partial charge < -0.3 is 5.11 Å². The summed E-state index contributed by atoms with van der Waals surface area (Å²) in [6, 6.07) is 14.6. The third kappa shape index (κ3) is 4.57. The number of carbonyl (C=O) groups is 1. The smallest absolute Gasteiger partial charge is 0.281 e. The van der Waals surface area contributed by atoms with E-state index in [2.05, 4.69) is 0 Å². The summed E-state index contributed by atoms with van der Waals surface area (Å²) in [7, 11) is -3.31. The Bertz CT molecular complexity index is 1630. The summed E-state index contributed by atoms with van der Waals surface area (Å²) in [4.78, 5) is 12.6. The molecule has 6 rings (SSSR count). The van der Waals surface area contributed by atoms with Crippen molar-refractivity contribution in [2.75, 3.05) is 6.26 Å². The molecule has 0 bridgehead atoms. The molecule has 8 heteroatoms. The Labute approximate surface area is 252 Å². The molecular formula is C35H39F3O4S. The monoisotopic (exact) mass is 612 g/mol. The Balaban J connectivity index is 1.45. The summed E-state index contributed by atoms with van der Waals surface area (Å²) in [6.45, 7) is 3.24. The van der Waals surface area contributed by atoms with Crippen molar-refractivity contribution in [1.82, 2.24) is 0 Å². The average Bonchev–Trinajstić information content (AvgIpc) is 3.23. The van der Waals surface area contributed by atoms with Crippen LogP contribution in [-0.2, 0) is 14.6 Å². The SMILES string of the molecule is CC(F)(F)C(C)(F)[C@]1(O)CCC2C3CCC4=CC(=O)CCC4=C3C(c3ccc(-c4ccc(S(C)(=O)=O)cc4)cc3)C[C@@]21C. The van der Waals surface area contributed by atoms with Crippen LogP contribution in [0.2, 0.25) is 0 Å². The summed E-state index contributed by atoms with van der Waals surface area (Å²) in [6.07, 6.45) is 6.21. The predicted octanol–water partition coefficient (Wildman–Crippen LogP) is 7.77. The quantitative estimate of drug-likeness (QED) is 0.375. The summed E-state index contributed by atoms with van der Waals surface area (Å²) >= 11 is 0. The molecule has 0 spiro atoms. The molecule has 4 nitrogen and oxygen atoms in total. The van der Waals surface area contributed by atoms with Gasteiger partial charge in [0.25, 0.3) is 5.92 Å². The van der Waals surface area contributed by atoms with Crippen LogP contribution in [0.15, 0.2) is 76.2 Å². The van der Waals surface area contributed by atoms with Gasteiger partial charge in [0.1, 0.15) is 5.60 Å². The molecule has 4 unspecified atom stereocenters. The zero-order valence-corrected chi connectivity index (χ0v) is 25.9. The van der Waals surface area contributed by atoms with Gasteiger partial charge in [-0.25, -0.2) is 21.6 Å². The fourth-order valence-electron chi connectivity index (χ4n) is 8.90. The van der Waals surface area contributed by atoms with E-state index in [0.29, 0.717) is 39.0 Å². The molecule has 0 aromatic heterocycles. The van der Waals surface area contributed by atoms with Gasteiger partial charge in [-0.05, 0) is 103 Å². The highest BCUT2D eigenvalue weighted by Gasteiger charge is 2.73. The van der Waals surface area contributed by atoms with Crippen LogP contribution >= 0.6 is 0 Å². The molecule has 1 N–H and O–H groups in total. The number of hydrogen-bond acceptors (Lipinski definition) is 4. The molecule has 4 aliphatic rings. The maximum Gasteiger partial charge on any atom is 0.281 e. The van der Waals surface area contributed by atoms with Crippen molar-refractivity contribution in [2.24, 2.45) is 17.3 Å². The zero-order valence-electron chi connectivity index (χ0n) is 25.1. The van der Waals surface area contributed by atoms with E-state index in [1.807, 2.05) is 31.2 Å². The normalized spacial score (nSPS) is 32.4. The molecule has 0 radical (unpaired) electrons. The Morgan fingerprint density at radius 3 is 2.09 bits per heavy atom. The highest BCUT2D eigenvalue weighted by atomic mass is 32.2. The lowest BCUT2D eigenvalue weighted by Crippen LogP contribution is -2.66. The first-order valence-corrected chi connectivity index (χ1v) is 17.0. The Morgan fingerprint density at radius 1 is 0.907 bits per heavy atom. The van der Waals surface area contributed by atoms with Gasteiger partial charge in [0.2, 0.25) is 0 Å². The third-order valence-corrected chi connectivity index (χ3v) is 12.5. The van der Waals surface area contributed by atoms with Crippen LogP contribution < -0.4 is 0 Å². The predicted molar refractivity (Wildman–Crippen MR) is 160 cm³/mol. The molecule has 2 aromatic carbocycles. The van der Waals surface area contributed by atoms with Crippen LogP contribution in [0.3, 0.4) is 0 Å². The molecule has 0 aliphatic heterocycles. The fourth-order valence-corrected chi connectivity index (χ4v) is 9.53. The van der Waals surface area contributed by atoms with Crippen molar-refractivity contribution >= 4 is 15.6 Å². The Hall–Kier alpha value is -2.71. The second-order valence-corrected chi connectivity index (χ2v) is 15.7. The summed E-state index contributed by atoms with van der Waals surface area (Å²) in [5, 5.41) is 12.0. The van der Waals surface area contributed by atoms with Crippen molar-refractivity contribution in [1.29, 1.82) is 0 Å². The van der Waals surface area contributed by atoms with Gasteiger partial charge in [-0.1, -0.05) is 48.9 Å². The van der Waals surface area contributed by atoms with E-state index >= 15 is 4.39 Å². The molecule has 6 atom stereocenters. The molecule has 2 fully saturated rings. The van der Waals surface area contributed by atoms with Crippen LogP contribution in [0.5, 0.6) is 0 Å². The molecule has 0 amide bonds. The Kier molecular flexibility index (Phi) is 6.98. The van der Waals surface area contributed by atoms with Crippen molar-refractivity contribution in [2.45, 2.75) is 93.7 Å². The fraction of sp³-hybridized carbons (Fsp3) is 0.514. The van der Waals surface area contributed by atoms with Crippen molar-refractivity contribution in [3.63, 3.8) is 0 Å². The minimum Gasteiger partial charge on any atom is -0.386 e. The second kappa shape index (κ2) is 9.90. The zero-order chi connectivity index (χ0) is 31.2. The van der Waals surface area contributed by atoms with Crippen molar-refractivity contribution in [3.05, 3.63) is 76.9 Å². The summed E-state index contributed by atoms with van der Waals surface area (Å²) in [5.74, 6) is -3.99. The number of halogens is 3. The van der Waals surface area contributed by atoms with Crippen molar-refractivity contribution in [3.8, 4) is 11.1 Å². The summed E-state index contributed by atoms with van der Waals surface area (Å²) < 4.78 is 69.6. The molecule has 43 heavy (non-hydrogen) atoms. The standard InChI is InChI=1S/C35H39F3O4S/c1-32-20-29(23-7-5-21(6-8-23)22-9-13-26(14-10-22)43(4,41)42)31-27-16-12-25(39)19-24(27)11-15-28(31)30(32)17-18-35(32,40)33(2,36)34(3,37)38/h5-10,13-14,19,28-30,40H,11-12,15-18,20H2,1-4H3/t28?,29?,30?,32-,33?,35-/m0/s1. The molecule has 2 aromatic rings. The molecule has 2 saturated carbocycles. The molecule has 230 valence electrons. The first kappa shape index (κ1) is 30.3. The number of alkyl halides is 3. The molecule has 4 aliphatic carbocycles. The Morgan fingerprint density at radius 2 is 1.51 bits per heavy atom. The van der Waals surface area contributed by atoms with Gasteiger partial charge in [-0.3, -0.25) is 4.79 Å². The van der Waals surface area contributed by atoms with Gasteiger partial charge in [0.05, 0.1) is 4.90 Å². The lowest BCUT2D eigenvalue weighted by molar-refractivity contribution is -0.252. The van der Waals surface area contributed by atoms with Crippen LogP contribution in [0.4, 0.5) is 13.2 Å². The van der Waals surface area contributed by atoms with E-state index in [1.54, 1.807) is 30.3 Å². The van der Waals surface area contributed by atoms with Gasteiger partial charge in [-0.2, -0.15) is 0 Å². The lowest BCUT2D eigenvalue weighted by Gasteiger charge is -2.57. The van der Waals surface area contributed by atoms with Gasteiger partial charge in [0, 0.05) is 30.9 Å². The number of ketones is 1. The molecular weight excluding hydrogens is 573 g/mol. The highest BCUT2D eigenvalue weighted by molar-refractivity contribution is 7.90. The van der Waals surface area contributed by atoms with Crippen LogP contribution in [0, 0.1) is 17.3 Å². The maximum absolute atomic E-state index is 16.2. The lowest BCUT2D eigenvalue weighted by atomic mass is 9.49. The maximum atomic E-state index is 16.2. The molecule has 0 heterocycles. The number of rotatable bonds is 5. The number of allylic oxidation sites excluding steroid dienone is 4. The van der Waals surface area contributed by atoms with E-state index < -0.39 is 32.4 Å².